The van der Waals surface area contributed by atoms with Gasteiger partial charge in [-0.3, -0.25) is 14.1 Å². The zero-order valence-electron chi connectivity index (χ0n) is 18.5. The Morgan fingerprint density at radius 2 is 1.78 bits per heavy atom. The molecule has 7 heteroatoms. The van der Waals surface area contributed by atoms with E-state index in [0.717, 1.165) is 64.8 Å². The zero-order valence-corrected chi connectivity index (χ0v) is 18.5. The molecule has 0 radical (unpaired) electrons. The van der Waals surface area contributed by atoms with Gasteiger partial charge >= 0.3 is 5.69 Å². The van der Waals surface area contributed by atoms with Gasteiger partial charge in [0.05, 0.1) is 28.9 Å². The van der Waals surface area contributed by atoms with Crippen LogP contribution in [0.25, 0.3) is 33.1 Å². The number of benzene rings is 1. The molecule has 2 fully saturated rings. The lowest BCUT2D eigenvalue weighted by atomic mass is 9.89. The van der Waals surface area contributed by atoms with Crippen LogP contribution in [-0.4, -0.2) is 45.4 Å². The van der Waals surface area contributed by atoms with E-state index < -0.39 is 0 Å². The van der Waals surface area contributed by atoms with Crippen LogP contribution in [0, 0.1) is 0 Å². The van der Waals surface area contributed by atoms with Gasteiger partial charge in [0.15, 0.2) is 0 Å². The van der Waals surface area contributed by atoms with Crippen molar-refractivity contribution < 1.29 is 4.74 Å². The number of rotatable bonds is 4. The Bertz CT molecular complexity index is 1360. The highest BCUT2D eigenvalue weighted by atomic mass is 16.5. The number of nitrogens with zero attached hydrogens (tertiary/aromatic N) is 5. The minimum atomic E-state index is 0.0101. The van der Waals surface area contributed by atoms with Gasteiger partial charge in [-0.2, -0.15) is 0 Å². The minimum absolute atomic E-state index is 0.0101. The molecule has 0 bridgehead atoms. The van der Waals surface area contributed by atoms with E-state index in [-0.39, 0.29) is 17.8 Å². The first-order chi connectivity index (χ1) is 15.6. The lowest BCUT2D eigenvalue weighted by Crippen LogP contribution is -2.37. The molecule has 0 unspecified atom stereocenters. The maximum absolute atomic E-state index is 13.1. The molecule has 1 saturated carbocycles. The Morgan fingerprint density at radius 1 is 1.00 bits per heavy atom. The van der Waals surface area contributed by atoms with Gasteiger partial charge in [0.2, 0.25) is 0 Å². The van der Waals surface area contributed by atoms with Crippen LogP contribution in [0.2, 0.25) is 0 Å². The number of methoxy groups -OCH3 is 1. The quantitative estimate of drug-likeness (QED) is 0.492. The van der Waals surface area contributed by atoms with Gasteiger partial charge in [-0.1, -0.05) is 6.07 Å². The monoisotopic (exact) mass is 429 g/mol. The first-order valence-electron chi connectivity index (χ1n) is 11.4. The van der Waals surface area contributed by atoms with E-state index in [1.54, 1.807) is 11.7 Å². The molecule has 2 aliphatic rings. The van der Waals surface area contributed by atoms with Gasteiger partial charge in [-0.25, -0.2) is 9.78 Å². The third-order valence-corrected chi connectivity index (χ3v) is 7.20. The fourth-order valence-corrected chi connectivity index (χ4v) is 5.18. The number of pyridine rings is 2. The maximum Gasteiger partial charge on any atom is 0.329 e. The third-order valence-electron chi connectivity index (χ3n) is 7.20. The average molecular weight is 430 g/mol. The van der Waals surface area contributed by atoms with Crippen LogP contribution >= 0.6 is 0 Å². The van der Waals surface area contributed by atoms with Crippen molar-refractivity contribution in [3.05, 3.63) is 53.2 Å². The molecule has 0 N–H and O–H groups in total. The number of hydrogen-bond acceptors (Lipinski definition) is 5. The summed E-state index contributed by atoms with van der Waals surface area (Å²) >= 11 is 0. The van der Waals surface area contributed by atoms with E-state index in [0.29, 0.717) is 0 Å². The summed E-state index contributed by atoms with van der Waals surface area (Å²) < 4.78 is 9.12. The standard InChI is InChI=1S/C25H27N5O2/c1-28-22-15-26-21-7-5-16(17-6-8-23(27-14-17)29-9-3-4-10-29)11-20(21)24(22)30(25(28)31)18-12-19(13-18)32-2/h5-8,11,14-15,18-19H,3-4,9-10,12-13H2,1-2H3. The highest BCUT2D eigenvalue weighted by Gasteiger charge is 2.33. The molecule has 7 nitrogen and oxygen atoms in total. The van der Waals surface area contributed by atoms with Gasteiger partial charge in [0.1, 0.15) is 5.82 Å². The summed E-state index contributed by atoms with van der Waals surface area (Å²) in [6, 6.07) is 10.7. The molecule has 0 spiro atoms. The number of anilines is 1. The summed E-state index contributed by atoms with van der Waals surface area (Å²) in [6.07, 6.45) is 8.20. The summed E-state index contributed by atoms with van der Waals surface area (Å²) in [4.78, 5) is 24.8. The van der Waals surface area contributed by atoms with Crippen molar-refractivity contribution in [2.24, 2.45) is 7.05 Å². The van der Waals surface area contributed by atoms with Crippen LogP contribution in [0.15, 0.2) is 47.5 Å². The smallest absolute Gasteiger partial charge is 0.329 e. The van der Waals surface area contributed by atoms with Crippen molar-refractivity contribution in [2.45, 2.75) is 37.8 Å². The molecule has 0 atom stereocenters. The Labute approximate surface area is 186 Å². The van der Waals surface area contributed by atoms with Crippen LogP contribution in [0.3, 0.4) is 0 Å². The molecule has 32 heavy (non-hydrogen) atoms. The molecule has 3 aromatic heterocycles. The molecule has 6 rings (SSSR count). The normalized spacial score (nSPS) is 20.9. The number of aryl methyl sites for hydroxylation is 1. The Hall–Kier alpha value is -3.19. The van der Waals surface area contributed by atoms with E-state index in [2.05, 4.69) is 34.1 Å². The molecule has 1 aliphatic heterocycles. The van der Waals surface area contributed by atoms with Gasteiger partial charge in [0, 0.05) is 50.4 Å². The van der Waals surface area contributed by atoms with E-state index in [4.69, 9.17) is 9.72 Å². The minimum Gasteiger partial charge on any atom is -0.381 e. The largest absolute Gasteiger partial charge is 0.381 e. The summed E-state index contributed by atoms with van der Waals surface area (Å²) in [6.45, 7) is 2.17. The van der Waals surface area contributed by atoms with Gasteiger partial charge < -0.3 is 9.64 Å². The fraction of sp³-hybridized carbons (Fsp3) is 0.400. The van der Waals surface area contributed by atoms with Gasteiger partial charge in [-0.05, 0) is 55.5 Å². The Kier molecular flexibility index (Phi) is 4.54. The van der Waals surface area contributed by atoms with Crippen LogP contribution in [0.4, 0.5) is 5.82 Å². The second-order valence-corrected chi connectivity index (χ2v) is 9.02. The SMILES string of the molecule is COC1CC(n2c(=O)n(C)c3cnc4ccc(-c5ccc(N6CCCC6)nc5)cc4c32)C1. The van der Waals surface area contributed by atoms with E-state index in [1.807, 2.05) is 30.1 Å². The number of hydrogen-bond donors (Lipinski definition) is 0. The van der Waals surface area contributed by atoms with Crippen LogP contribution in [0.1, 0.15) is 31.7 Å². The Morgan fingerprint density at radius 3 is 2.50 bits per heavy atom. The number of imidazole rings is 1. The van der Waals surface area contributed by atoms with Crippen molar-refractivity contribution in [3.63, 3.8) is 0 Å². The molecular weight excluding hydrogens is 402 g/mol. The number of fused-ring (bicyclic) bond motifs is 3. The third kappa shape index (κ3) is 2.95. The molecule has 4 heterocycles. The number of aromatic nitrogens is 4. The summed E-state index contributed by atoms with van der Waals surface area (Å²) in [7, 11) is 3.56. The topological polar surface area (TPSA) is 65.2 Å². The lowest BCUT2D eigenvalue weighted by Gasteiger charge is -2.34. The lowest BCUT2D eigenvalue weighted by molar-refractivity contribution is 0.00635. The number of ether oxygens (including phenoxy) is 1. The summed E-state index contributed by atoms with van der Waals surface area (Å²) in [5.41, 5.74) is 4.88. The molecular formula is C25H27N5O2. The fourth-order valence-electron chi connectivity index (χ4n) is 5.18. The molecule has 1 aromatic carbocycles. The maximum atomic E-state index is 13.1. The zero-order chi connectivity index (χ0) is 21.8. The predicted molar refractivity (Wildman–Crippen MR) is 126 cm³/mol. The van der Waals surface area contributed by atoms with E-state index in [9.17, 15) is 4.79 Å². The molecule has 1 aliphatic carbocycles. The highest BCUT2D eigenvalue weighted by molar-refractivity contribution is 6.04. The second-order valence-electron chi connectivity index (χ2n) is 9.02. The predicted octanol–water partition coefficient (Wildman–Crippen LogP) is 3.90. The summed E-state index contributed by atoms with van der Waals surface area (Å²) in [5.74, 6) is 1.05. The summed E-state index contributed by atoms with van der Waals surface area (Å²) in [5, 5.41) is 1.00. The van der Waals surface area contributed by atoms with Crippen molar-refractivity contribution in [2.75, 3.05) is 25.1 Å². The van der Waals surface area contributed by atoms with Crippen molar-refractivity contribution >= 4 is 27.8 Å². The molecule has 4 aromatic rings. The Balaban J connectivity index is 1.47. The van der Waals surface area contributed by atoms with E-state index in [1.165, 1.54) is 12.8 Å². The molecule has 164 valence electrons. The van der Waals surface area contributed by atoms with Gasteiger partial charge in [-0.15, -0.1) is 0 Å². The van der Waals surface area contributed by atoms with Crippen molar-refractivity contribution in [3.8, 4) is 11.1 Å². The molecule has 1 saturated heterocycles. The first kappa shape index (κ1) is 19.5. The van der Waals surface area contributed by atoms with Crippen LogP contribution in [0.5, 0.6) is 0 Å². The second kappa shape index (κ2) is 7.45. The van der Waals surface area contributed by atoms with Crippen molar-refractivity contribution in [1.29, 1.82) is 0 Å². The van der Waals surface area contributed by atoms with Crippen LogP contribution in [-0.2, 0) is 11.8 Å². The highest BCUT2D eigenvalue weighted by Crippen LogP contribution is 2.37. The van der Waals surface area contributed by atoms with Crippen molar-refractivity contribution in [1.82, 2.24) is 19.1 Å². The van der Waals surface area contributed by atoms with E-state index >= 15 is 0 Å². The average Bonchev–Trinajstić information content (AvgIpc) is 3.42. The van der Waals surface area contributed by atoms with Gasteiger partial charge in [0.25, 0.3) is 0 Å². The first-order valence-corrected chi connectivity index (χ1v) is 11.4. The van der Waals surface area contributed by atoms with Crippen LogP contribution < -0.4 is 10.6 Å². The molecule has 0 amide bonds.